The van der Waals surface area contributed by atoms with Crippen LogP contribution in [0.5, 0.6) is 0 Å². The number of benzene rings is 3. The number of carbonyl (C=O) groups excluding carboxylic acids is 2. The first-order chi connectivity index (χ1) is 14.5. The van der Waals surface area contributed by atoms with Gasteiger partial charge < -0.3 is 9.47 Å². The standard InChI is InChI=1S/C24H19FO4S/c1-28-23(26)21(16-8-4-3-5-9-16)22(24(27)29-2)19-10-6-7-11-20(19)30-18-14-12-17(25)13-15-18/h3-15H,1-2H3/b22-21+. The van der Waals surface area contributed by atoms with Crippen LogP contribution in [0.1, 0.15) is 11.1 Å². The van der Waals surface area contributed by atoms with E-state index in [1.807, 2.05) is 18.2 Å². The molecule has 0 saturated carbocycles. The Bertz CT molecular complexity index is 1080. The smallest absolute Gasteiger partial charge is 0.339 e. The predicted molar refractivity (Wildman–Crippen MR) is 114 cm³/mol. The molecule has 152 valence electrons. The zero-order valence-corrected chi connectivity index (χ0v) is 17.2. The van der Waals surface area contributed by atoms with Crippen LogP contribution in [-0.2, 0) is 19.1 Å². The summed E-state index contributed by atoms with van der Waals surface area (Å²) in [5.41, 5.74) is 1.26. The average molecular weight is 422 g/mol. The number of methoxy groups -OCH3 is 2. The average Bonchev–Trinajstić information content (AvgIpc) is 2.79. The van der Waals surface area contributed by atoms with Crippen LogP contribution < -0.4 is 0 Å². The first-order valence-electron chi connectivity index (χ1n) is 9.04. The second kappa shape index (κ2) is 9.89. The van der Waals surface area contributed by atoms with Gasteiger partial charge in [-0.25, -0.2) is 14.0 Å². The summed E-state index contributed by atoms with van der Waals surface area (Å²) in [6, 6.07) is 22.0. The first-order valence-corrected chi connectivity index (χ1v) is 9.86. The lowest BCUT2D eigenvalue weighted by Crippen LogP contribution is -2.14. The molecule has 0 aliphatic heterocycles. The van der Waals surface area contributed by atoms with Crippen molar-refractivity contribution in [2.45, 2.75) is 9.79 Å². The maximum absolute atomic E-state index is 13.3. The molecule has 3 aromatic rings. The second-order valence-electron chi connectivity index (χ2n) is 6.15. The van der Waals surface area contributed by atoms with Gasteiger partial charge in [-0.2, -0.15) is 0 Å². The number of rotatable bonds is 6. The van der Waals surface area contributed by atoms with Gasteiger partial charge in [0.25, 0.3) is 0 Å². The summed E-state index contributed by atoms with van der Waals surface area (Å²) in [5, 5.41) is 0. The molecule has 0 N–H and O–H groups in total. The van der Waals surface area contributed by atoms with E-state index >= 15 is 0 Å². The Morgan fingerprint density at radius 3 is 1.93 bits per heavy atom. The van der Waals surface area contributed by atoms with Gasteiger partial charge in [0.05, 0.1) is 25.4 Å². The highest BCUT2D eigenvalue weighted by Gasteiger charge is 2.27. The van der Waals surface area contributed by atoms with Crippen LogP contribution in [0, 0.1) is 5.82 Å². The Balaban J connectivity index is 2.23. The Morgan fingerprint density at radius 1 is 0.733 bits per heavy atom. The Morgan fingerprint density at radius 2 is 1.30 bits per heavy atom. The van der Waals surface area contributed by atoms with Gasteiger partial charge in [-0.3, -0.25) is 0 Å². The Labute approximate surface area is 178 Å². The summed E-state index contributed by atoms with van der Waals surface area (Å²) in [6.07, 6.45) is 0. The molecule has 3 rings (SSSR count). The molecule has 0 amide bonds. The Hall–Kier alpha value is -3.38. The van der Waals surface area contributed by atoms with Gasteiger partial charge >= 0.3 is 11.9 Å². The summed E-state index contributed by atoms with van der Waals surface area (Å²) in [6.45, 7) is 0. The summed E-state index contributed by atoms with van der Waals surface area (Å²) in [7, 11) is 2.53. The van der Waals surface area contributed by atoms with Gasteiger partial charge in [0, 0.05) is 15.4 Å². The highest BCUT2D eigenvalue weighted by atomic mass is 32.2. The van der Waals surface area contributed by atoms with Crippen molar-refractivity contribution < 1.29 is 23.5 Å². The van der Waals surface area contributed by atoms with Crippen molar-refractivity contribution in [1.82, 2.24) is 0 Å². The number of hydrogen-bond acceptors (Lipinski definition) is 5. The van der Waals surface area contributed by atoms with E-state index in [9.17, 15) is 14.0 Å². The minimum Gasteiger partial charge on any atom is -0.465 e. The molecule has 0 aliphatic carbocycles. The first kappa shape index (κ1) is 21.3. The van der Waals surface area contributed by atoms with E-state index in [0.29, 0.717) is 16.0 Å². The molecule has 0 unspecified atom stereocenters. The largest absolute Gasteiger partial charge is 0.465 e. The van der Waals surface area contributed by atoms with Crippen LogP contribution in [0.4, 0.5) is 4.39 Å². The molecule has 0 bridgehead atoms. The molecule has 0 aromatic heterocycles. The van der Waals surface area contributed by atoms with Crippen molar-refractivity contribution in [1.29, 1.82) is 0 Å². The maximum atomic E-state index is 13.3. The van der Waals surface area contributed by atoms with E-state index in [4.69, 9.17) is 9.47 Å². The van der Waals surface area contributed by atoms with Gasteiger partial charge in [0.1, 0.15) is 5.82 Å². The molecule has 3 aromatic carbocycles. The van der Waals surface area contributed by atoms with Gasteiger partial charge in [-0.05, 0) is 35.9 Å². The van der Waals surface area contributed by atoms with Crippen molar-refractivity contribution in [2.75, 3.05) is 14.2 Å². The fraction of sp³-hybridized carbons (Fsp3) is 0.0833. The minimum atomic E-state index is -0.661. The highest BCUT2D eigenvalue weighted by Crippen LogP contribution is 2.37. The number of hydrogen-bond donors (Lipinski definition) is 0. The number of esters is 2. The zero-order valence-electron chi connectivity index (χ0n) is 16.4. The third-order valence-electron chi connectivity index (χ3n) is 4.29. The molecule has 0 spiro atoms. The van der Waals surface area contributed by atoms with Crippen LogP contribution in [0.2, 0.25) is 0 Å². The van der Waals surface area contributed by atoms with E-state index in [1.165, 1.54) is 38.1 Å². The van der Waals surface area contributed by atoms with Crippen LogP contribution in [0.15, 0.2) is 88.7 Å². The van der Waals surface area contributed by atoms with E-state index in [-0.39, 0.29) is 17.0 Å². The summed E-state index contributed by atoms with van der Waals surface area (Å²) < 4.78 is 23.3. The second-order valence-corrected chi connectivity index (χ2v) is 7.27. The molecule has 6 heteroatoms. The van der Waals surface area contributed by atoms with E-state index in [2.05, 4.69) is 0 Å². The molecule has 0 heterocycles. The van der Waals surface area contributed by atoms with Crippen molar-refractivity contribution in [2.24, 2.45) is 0 Å². The lowest BCUT2D eigenvalue weighted by molar-refractivity contribution is -0.135. The molecule has 30 heavy (non-hydrogen) atoms. The van der Waals surface area contributed by atoms with Crippen molar-refractivity contribution in [3.63, 3.8) is 0 Å². The fourth-order valence-electron chi connectivity index (χ4n) is 2.91. The van der Waals surface area contributed by atoms with Crippen LogP contribution in [0.3, 0.4) is 0 Å². The molecule has 0 fully saturated rings. The topological polar surface area (TPSA) is 52.6 Å². The van der Waals surface area contributed by atoms with Gasteiger partial charge in [-0.1, -0.05) is 60.3 Å². The third-order valence-corrected chi connectivity index (χ3v) is 5.37. The SMILES string of the molecule is COC(=O)/C(=C(/C(=O)OC)c1ccccc1Sc1ccc(F)cc1)c1ccccc1. The van der Waals surface area contributed by atoms with E-state index < -0.39 is 11.9 Å². The number of halogens is 1. The monoisotopic (exact) mass is 422 g/mol. The lowest BCUT2D eigenvalue weighted by atomic mass is 9.94. The quantitative estimate of drug-likeness (QED) is 0.309. The maximum Gasteiger partial charge on any atom is 0.339 e. The molecule has 4 nitrogen and oxygen atoms in total. The van der Waals surface area contributed by atoms with Crippen LogP contribution in [-0.4, -0.2) is 26.2 Å². The summed E-state index contributed by atoms with van der Waals surface area (Å²) in [4.78, 5) is 27.1. The third kappa shape index (κ3) is 4.78. The molecular formula is C24H19FO4S. The van der Waals surface area contributed by atoms with Crippen LogP contribution >= 0.6 is 11.8 Å². The van der Waals surface area contributed by atoms with E-state index in [0.717, 1.165) is 4.90 Å². The van der Waals surface area contributed by atoms with Gasteiger partial charge in [0.2, 0.25) is 0 Å². The number of ether oxygens (including phenoxy) is 2. The summed E-state index contributed by atoms with van der Waals surface area (Å²) >= 11 is 1.35. The van der Waals surface area contributed by atoms with Crippen molar-refractivity contribution in [3.05, 3.63) is 95.8 Å². The Kier molecular flexibility index (Phi) is 7.03. The lowest BCUT2D eigenvalue weighted by Gasteiger charge is -2.16. The van der Waals surface area contributed by atoms with Gasteiger partial charge in [-0.15, -0.1) is 0 Å². The van der Waals surface area contributed by atoms with Crippen molar-refractivity contribution >= 4 is 34.8 Å². The predicted octanol–water partition coefficient (Wildman–Crippen LogP) is 5.23. The molecule has 0 radical (unpaired) electrons. The molecular weight excluding hydrogens is 403 g/mol. The molecule has 0 saturated heterocycles. The molecule has 0 aliphatic rings. The highest BCUT2D eigenvalue weighted by molar-refractivity contribution is 7.99. The molecule has 0 atom stereocenters. The fourth-order valence-corrected chi connectivity index (χ4v) is 3.86. The minimum absolute atomic E-state index is 0.0979. The zero-order chi connectivity index (χ0) is 21.5. The van der Waals surface area contributed by atoms with Crippen LogP contribution in [0.25, 0.3) is 11.1 Å². The van der Waals surface area contributed by atoms with Gasteiger partial charge in [0.15, 0.2) is 0 Å². The normalized spacial score (nSPS) is 11.4. The summed E-state index contributed by atoms with van der Waals surface area (Å²) in [5.74, 6) is -1.64. The number of carbonyl (C=O) groups is 2. The van der Waals surface area contributed by atoms with Crippen molar-refractivity contribution in [3.8, 4) is 0 Å². The van der Waals surface area contributed by atoms with E-state index in [1.54, 1.807) is 48.5 Å².